The topological polar surface area (TPSA) is 77.2 Å². The van der Waals surface area contributed by atoms with Crippen molar-refractivity contribution in [3.63, 3.8) is 0 Å². The Balaban J connectivity index is 1.55. The standard InChI is InChI=1S/C29H30ClN5O3/c1-33(2)17-26(36)35(4)21-9-7-20(8-10-21)31-28(18-5-12-24-25(15-18)38-14-13-34(24)3)27-22-11-6-19(30)16-23(22)32-29(27)37/h5-12,15-16,31H,13-14,17H2,1-4H3,(H,32,37)/b28-27-. The van der Waals surface area contributed by atoms with E-state index in [9.17, 15) is 9.59 Å². The summed E-state index contributed by atoms with van der Waals surface area (Å²) in [5.41, 5.74) is 5.97. The van der Waals surface area contributed by atoms with Crippen molar-refractivity contribution in [1.82, 2.24) is 4.90 Å². The molecule has 8 nitrogen and oxygen atoms in total. The molecule has 196 valence electrons. The molecule has 0 fully saturated rings. The van der Waals surface area contributed by atoms with Gasteiger partial charge in [-0.1, -0.05) is 23.7 Å². The van der Waals surface area contributed by atoms with Gasteiger partial charge in [-0.2, -0.15) is 0 Å². The summed E-state index contributed by atoms with van der Waals surface area (Å²) in [6.45, 7) is 1.73. The number of carbonyl (C=O) groups excluding carboxylic acids is 2. The van der Waals surface area contributed by atoms with Crippen molar-refractivity contribution in [1.29, 1.82) is 0 Å². The number of nitrogens with one attached hydrogen (secondary N) is 2. The average Bonchev–Trinajstić information content (AvgIpc) is 3.21. The molecular weight excluding hydrogens is 502 g/mol. The number of rotatable bonds is 6. The van der Waals surface area contributed by atoms with Gasteiger partial charge in [0.2, 0.25) is 5.91 Å². The summed E-state index contributed by atoms with van der Waals surface area (Å²) in [5, 5.41) is 6.96. The van der Waals surface area contributed by atoms with Crippen molar-refractivity contribution in [2.24, 2.45) is 0 Å². The highest BCUT2D eigenvalue weighted by Gasteiger charge is 2.29. The van der Waals surface area contributed by atoms with E-state index in [1.807, 2.05) is 74.6 Å². The molecule has 3 aromatic carbocycles. The van der Waals surface area contributed by atoms with Crippen LogP contribution in [0.1, 0.15) is 11.1 Å². The third-order valence-electron chi connectivity index (χ3n) is 6.67. The van der Waals surface area contributed by atoms with Crippen LogP contribution < -0.4 is 25.2 Å². The number of likely N-dealkylation sites (N-methyl/N-ethyl adjacent to an activating group) is 3. The SMILES string of the molecule is CN(C)CC(=O)N(C)c1ccc(N/C(=C2\C(=O)Nc3cc(Cl)ccc32)c2ccc3c(c2)OCCN3C)cc1. The van der Waals surface area contributed by atoms with Gasteiger partial charge < -0.3 is 30.1 Å². The Morgan fingerprint density at radius 3 is 2.58 bits per heavy atom. The van der Waals surface area contributed by atoms with Crippen molar-refractivity contribution < 1.29 is 14.3 Å². The molecule has 2 aliphatic heterocycles. The van der Waals surface area contributed by atoms with E-state index in [4.69, 9.17) is 16.3 Å². The molecule has 0 unspecified atom stereocenters. The summed E-state index contributed by atoms with van der Waals surface area (Å²) >= 11 is 6.19. The number of fused-ring (bicyclic) bond motifs is 2. The van der Waals surface area contributed by atoms with Crippen molar-refractivity contribution in [3.8, 4) is 5.75 Å². The van der Waals surface area contributed by atoms with E-state index in [1.165, 1.54) is 0 Å². The van der Waals surface area contributed by atoms with Gasteiger partial charge in [-0.25, -0.2) is 0 Å². The number of benzene rings is 3. The fourth-order valence-electron chi connectivity index (χ4n) is 4.62. The van der Waals surface area contributed by atoms with Crippen LogP contribution in [-0.4, -0.2) is 64.6 Å². The minimum absolute atomic E-state index is 0.00422. The number of anilines is 4. The number of nitrogens with zero attached hydrogens (tertiary/aromatic N) is 3. The summed E-state index contributed by atoms with van der Waals surface area (Å²) in [6.07, 6.45) is 0. The predicted octanol–water partition coefficient (Wildman–Crippen LogP) is 4.63. The zero-order chi connectivity index (χ0) is 27.0. The molecule has 0 spiro atoms. The zero-order valence-electron chi connectivity index (χ0n) is 21.8. The number of hydrogen-bond donors (Lipinski definition) is 2. The van der Waals surface area contributed by atoms with Gasteiger partial charge in [0, 0.05) is 41.6 Å². The van der Waals surface area contributed by atoms with Crippen LogP contribution in [0.4, 0.5) is 22.7 Å². The van der Waals surface area contributed by atoms with E-state index in [1.54, 1.807) is 24.1 Å². The van der Waals surface area contributed by atoms with E-state index >= 15 is 0 Å². The quantitative estimate of drug-likeness (QED) is 0.452. The molecule has 3 aromatic rings. The molecule has 2 N–H and O–H groups in total. The van der Waals surface area contributed by atoms with Crippen LogP contribution in [0.2, 0.25) is 5.02 Å². The third kappa shape index (κ3) is 5.05. The van der Waals surface area contributed by atoms with Crippen molar-refractivity contribution in [3.05, 3.63) is 76.8 Å². The maximum atomic E-state index is 13.3. The van der Waals surface area contributed by atoms with E-state index in [0.29, 0.717) is 35.1 Å². The maximum absolute atomic E-state index is 13.3. The minimum atomic E-state index is -0.217. The fourth-order valence-corrected chi connectivity index (χ4v) is 4.79. The van der Waals surface area contributed by atoms with Gasteiger partial charge in [-0.3, -0.25) is 9.59 Å². The van der Waals surface area contributed by atoms with E-state index in [-0.39, 0.29) is 11.8 Å². The molecule has 0 bridgehead atoms. The molecule has 0 aromatic heterocycles. The Hall–Kier alpha value is -4.01. The molecule has 2 heterocycles. The van der Waals surface area contributed by atoms with Gasteiger partial charge in [0.25, 0.3) is 5.91 Å². The first kappa shape index (κ1) is 25.6. The minimum Gasteiger partial charge on any atom is -0.490 e. The second-order valence-corrected chi connectivity index (χ2v) is 10.1. The molecule has 0 radical (unpaired) electrons. The number of ether oxygens (including phenoxy) is 1. The number of halogens is 1. The summed E-state index contributed by atoms with van der Waals surface area (Å²) in [5.74, 6) is 0.545. The summed E-state index contributed by atoms with van der Waals surface area (Å²) in [6, 6.07) is 18.9. The second-order valence-electron chi connectivity index (χ2n) is 9.71. The normalized spacial score (nSPS) is 15.4. The molecule has 0 atom stereocenters. The Bertz CT molecular complexity index is 1430. The first-order chi connectivity index (χ1) is 18.2. The molecule has 5 rings (SSSR count). The molecule has 0 saturated carbocycles. The second kappa shape index (κ2) is 10.4. The summed E-state index contributed by atoms with van der Waals surface area (Å²) < 4.78 is 5.95. The Morgan fingerprint density at radius 2 is 1.84 bits per heavy atom. The van der Waals surface area contributed by atoms with Gasteiger partial charge in [0.15, 0.2) is 0 Å². The summed E-state index contributed by atoms with van der Waals surface area (Å²) in [7, 11) is 7.52. The van der Waals surface area contributed by atoms with E-state index in [0.717, 1.165) is 40.5 Å². The average molecular weight is 532 g/mol. The molecule has 2 amide bonds. The third-order valence-corrected chi connectivity index (χ3v) is 6.90. The van der Waals surface area contributed by atoms with E-state index < -0.39 is 0 Å². The van der Waals surface area contributed by atoms with Crippen LogP contribution in [0.15, 0.2) is 60.7 Å². The predicted molar refractivity (Wildman–Crippen MR) is 154 cm³/mol. The molecule has 0 saturated heterocycles. The zero-order valence-corrected chi connectivity index (χ0v) is 22.6. The van der Waals surface area contributed by atoms with Crippen molar-refractivity contribution in [2.45, 2.75) is 0 Å². The lowest BCUT2D eigenvalue weighted by Gasteiger charge is -2.28. The molecule has 0 aliphatic carbocycles. The van der Waals surface area contributed by atoms with Gasteiger partial charge in [0.1, 0.15) is 12.4 Å². The van der Waals surface area contributed by atoms with Crippen molar-refractivity contribution >= 4 is 57.4 Å². The van der Waals surface area contributed by atoms with Crippen LogP contribution >= 0.6 is 11.6 Å². The molecule has 9 heteroatoms. The first-order valence-corrected chi connectivity index (χ1v) is 12.7. The van der Waals surface area contributed by atoms with Gasteiger partial charge in [0.05, 0.1) is 35.7 Å². The van der Waals surface area contributed by atoms with Crippen LogP contribution in [0.5, 0.6) is 5.75 Å². The van der Waals surface area contributed by atoms with Crippen LogP contribution in [-0.2, 0) is 9.59 Å². The van der Waals surface area contributed by atoms with Crippen molar-refractivity contribution in [2.75, 3.05) is 68.3 Å². The highest BCUT2D eigenvalue weighted by molar-refractivity contribution is 6.38. The lowest BCUT2D eigenvalue weighted by atomic mass is 9.99. The smallest absolute Gasteiger partial charge is 0.258 e. The fraction of sp³-hybridized carbons (Fsp3) is 0.241. The van der Waals surface area contributed by atoms with Gasteiger partial charge in [-0.05, 0) is 62.6 Å². The lowest BCUT2D eigenvalue weighted by molar-refractivity contribution is -0.119. The number of carbonyl (C=O) groups is 2. The maximum Gasteiger partial charge on any atom is 0.258 e. The molecule has 2 aliphatic rings. The number of amides is 2. The highest BCUT2D eigenvalue weighted by atomic mass is 35.5. The van der Waals surface area contributed by atoms with Crippen LogP contribution in [0.25, 0.3) is 11.3 Å². The van der Waals surface area contributed by atoms with Crippen LogP contribution in [0, 0.1) is 0 Å². The van der Waals surface area contributed by atoms with Gasteiger partial charge >= 0.3 is 0 Å². The number of hydrogen-bond acceptors (Lipinski definition) is 6. The first-order valence-electron chi connectivity index (χ1n) is 12.3. The van der Waals surface area contributed by atoms with Gasteiger partial charge in [-0.15, -0.1) is 0 Å². The van der Waals surface area contributed by atoms with E-state index in [2.05, 4.69) is 15.5 Å². The highest BCUT2D eigenvalue weighted by Crippen LogP contribution is 2.41. The lowest BCUT2D eigenvalue weighted by Crippen LogP contribution is -2.34. The summed E-state index contributed by atoms with van der Waals surface area (Å²) in [4.78, 5) is 31.4. The molecular formula is C29H30ClN5O3. The molecule has 38 heavy (non-hydrogen) atoms. The Labute approximate surface area is 227 Å². The monoisotopic (exact) mass is 531 g/mol. The van der Waals surface area contributed by atoms with Crippen LogP contribution in [0.3, 0.4) is 0 Å². The Kier molecular flexibility index (Phi) is 7.01. The Morgan fingerprint density at radius 1 is 1.08 bits per heavy atom. The largest absolute Gasteiger partial charge is 0.490 e.